The fraction of sp³-hybridized carbons (Fsp3) is 0.750. The van der Waals surface area contributed by atoms with Gasteiger partial charge in [-0.3, -0.25) is 4.79 Å². The van der Waals surface area contributed by atoms with E-state index in [1.54, 1.807) is 11.3 Å². The Kier molecular flexibility index (Phi) is 3.30. The summed E-state index contributed by atoms with van der Waals surface area (Å²) in [5.41, 5.74) is 1.31. The maximum atomic E-state index is 12.6. The summed E-state index contributed by atoms with van der Waals surface area (Å²) in [5, 5.41) is 1.06. The number of rotatable bonds is 2. The number of carbonyl (C=O) groups is 1. The number of aromatic nitrogens is 1. The maximum Gasteiger partial charge on any atom is 0.315 e. The first-order valence-electron chi connectivity index (χ1n) is 7.90. The molecule has 2 unspecified atom stereocenters. The van der Waals surface area contributed by atoms with Crippen LogP contribution in [0.5, 0.6) is 0 Å². The largest absolute Gasteiger partial charge is 0.462 e. The molecule has 0 radical (unpaired) electrons. The minimum absolute atomic E-state index is 0.0523. The molecule has 1 aromatic rings. The van der Waals surface area contributed by atoms with Gasteiger partial charge in [0.25, 0.3) is 0 Å². The number of fused-ring (bicyclic) bond motifs is 1. The third kappa shape index (κ3) is 2.40. The van der Waals surface area contributed by atoms with E-state index >= 15 is 0 Å². The molecule has 3 aliphatic rings. The van der Waals surface area contributed by atoms with Crippen molar-refractivity contribution < 1.29 is 14.3 Å². The topological polar surface area (TPSA) is 48.4 Å². The Bertz CT molecular complexity index is 564. The van der Waals surface area contributed by atoms with E-state index in [9.17, 15) is 4.79 Å². The fourth-order valence-electron chi connectivity index (χ4n) is 3.92. The van der Waals surface area contributed by atoms with Gasteiger partial charge in [0.2, 0.25) is 0 Å². The molecule has 0 amide bonds. The highest BCUT2D eigenvalue weighted by Gasteiger charge is 2.46. The molecular formula is C16H21NO3S. The number of thiazole rings is 1. The predicted octanol–water partition coefficient (Wildman–Crippen LogP) is 2.98. The smallest absolute Gasteiger partial charge is 0.315 e. The minimum Gasteiger partial charge on any atom is -0.462 e. The lowest BCUT2D eigenvalue weighted by atomic mass is 9.84. The number of hydrogen-bond acceptors (Lipinski definition) is 5. The standard InChI is InChI=1S/C16H21NO3S/c1-10-17-14-12(3-2-4-13(14)21-10)15(18)20-11-5-6-16(7-11)8-19-9-16/h11-12H,2-9H2,1H3. The quantitative estimate of drug-likeness (QED) is 0.788. The van der Waals surface area contributed by atoms with Crippen LogP contribution in [-0.2, 0) is 20.7 Å². The molecule has 1 spiro atoms. The number of nitrogens with zero attached hydrogens (tertiary/aromatic N) is 1. The van der Waals surface area contributed by atoms with E-state index < -0.39 is 0 Å². The summed E-state index contributed by atoms with van der Waals surface area (Å²) in [6.07, 6.45) is 6.21. The van der Waals surface area contributed by atoms with Crippen LogP contribution in [0.15, 0.2) is 0 Å². The number of esters is 1. The predicted molar refractivity (Wildman–Crippen MR) is 79.5 cm³/mol. The van der Waals surface area contributed by atoms with Crippen LogP contribution in [0, 0.1) is 12.3 Å². The molecule has 4 rings (SSSR count). The SMILES string of the molecule is Cc1nc2c(s1)CCCC2C(=O)OC1CCC2(COC2)C1. The summed E-state index contributed by atoms with van der Waals surface area (Å²) < 4.78 is 11.1. The first kappa shape index (κ1) is 13.7. The molecule has 1 aromatic heterocycles. The fourth-order valence-corrected chi connectivity index (χ4v) is 4.96. The summed E-state index contributed by atoms with van der Waals surface area (Å²) in [4.78, 5) is 18.4. The van der Waals surface area contributed by atoms with Crippen molar-refractivity contribution in [2.24, 2.45) is 5.41 Å². The highest BCUT2D eigenvalue weighted by molar-refractivity contribution is 7.11. The zero-order valence-corrected chi connectivity index (χ0v) is 13.2. The van der Waals surface area contributed by atoms with Crippen molar-refractivity contribution in [1.82, 2.24) is 4.98 Å². The third-order valence-electron chi connectivity index (χ3n) is 5.10. The van der Waals surface area contributed by atoms with Gasteiger partial charge in [0.1, 0.15) is 12.0 Å². The molecule has 2 aliphatic carbocycles. The van der Waals surface area contributed by atoms with E-state index in [1.165, 1.54) is 4.88 Å². The Labute approximate surface area is 128 Å². The van der Waals surface area contributed by atoms with Gasteiger partial charge in [0.05, 0.1) is 23.9 Å². The molecule has 2 heterocycles. The molecule has 1 saturated carbocycles. The monoisotopic (exact) mass is 307 g/mol. The minimum atomic E-state index is -0.132. The van der Waals surface area contributed by atoms with Gasteiger partial charge in [0, 0.05) is 10.3 Å². The lowest BCUT2D eigenvalue weighted by Gasteiger charge is -2.37. The molecule has 114 valence electrons. The second-order valence-electron chi connectivity index (χ2n) is 6.78. The summed E-state index contributed by atoms with van der Waals surface area (Å²) in [6, 6.07) is 0. The van der Waals surface area contributed by atoms with E-state index in [0.717, 1.165) is 62.4 Å². The normalized spacial score (nSPS) is 30.0. The summed E-state index contributed by atoms with van der Waals surface area (Å²) in [7, 11) is 0. The first-order valence-corrected chi connectivity index (χ1v) is 8.71. The molecule has 4 nitrogen and oxygen atoms in total. The van der Waals surface area contributed by atoms with Crippen molar-refractivity contribution >= 4 is 17.3 Å². The highest BCUT2D eigenvalue weighted by Crippen LogP contribution is 2.45. The van der Waals surface area contributed by atoms with Crippen molar-refractivity contribution in [1.29, 1.82) is 0 Å². The van der Waals surface area contributed by atoms with Crippen molar-refractivity contribution in [3.63, 3.8) is 0 Å². The maximum absolute atomic E-state index is 12.6. The number of aryl methyl sites for hydroxylation is 2. The van der Waals surface area contributed by atoms with Gasteiger partial charge in [-0.15, -0.1) is 11.3 Å². The summed E-state index contributed by atoms with van der Waals surface area (Å²) in [6.45, 7) is 3.71. The van der Waals surface area contributed by atoms with Crippen molar-refractivity contribution in [3.05, 3.63) is 15.6 Å². The Balaban J connectivity index is 1.44. The van der Waals surface area contributed by atoms with Gasteiger partial charge < -0.3 is 9.47 Å². The Morgan fingerprint density at radius 1 is 1.43 bits per heavy atom. The van der Waals surface area contributed by atoms with Crippen LogP contribution in [0.4, 0.5) is 0 Å². The first-order chi connectivity index (χ1) is 10.2. The number of carbonyl (C=O) groups excluding carboxylic acids is 1. The Morgan fingerprint density at radius 2 is 2.29 bits per heavy atom. The van der Waals surface area contributed by atoms with E-state index in [1.807, 2.05) is 6.92 Å². The van der Waals surface area contributed by atoms with Crippen molar-refractivity contribution in [2.75, 3.05) is 13.2 Å². The van der Waals surface area contributed by atoms with Crippen molar-refractivity contribution in [2.45, 2.75) is 57.5 Å². The molecular weight excluding hydrogens is 286 g/mol. The third-order valence-corrected chi connectivity index (χ3v) is 6.15. The van der Waals surface area contributed by atoms with Crippen LogP contribution in [0.3, 0.4) is 0 Å². The molecule has 2 atom stereocenters. The van der Waals surface area contributed by atoms with E-state index in [0.29, 0.717) is 5.41 Å². The van der Waals surface area contributed by atoms with Crippen LogP contribution in [0.2, 0.25) is 0 Å². The van der Waals surface area contributed by atoms with Gasteiger partial charge in [-0.1, -0.05) is 0 Å². The molecule has 5 heteroatoms. The molecule has 1 saturated heterocycles. The lowest BCUT2D eigenvalue weighted by Crippen LogP contribution is -2.40. The molecule has 0 aromatic carbocycles. The van der Waals surface area contributed by atoms with Crippen molar-refractivity contribution in [3.8, 4) is 0 Å². The Hall–Kier alpha value is -0.940. The van der Waals surface area contributed by atoms with Crippen LogP contribution in [0.1, 0.15) is 53.6 Å². The van der Waals surface area contributed by atoms with Gasteiger partial charge in [-0.05, 0) is 45.4 Å². The average molecular weight is 307 g/mol. The molecule has 0 bridgehead atoms. The molecule has 2 fully saturated rings. The zero-order chi connectivity index (χ0) is 14.4. The molecule has 21 heavy (non-hydrogen) atoms. The summed E-state index contributed by atoms with van der Waals surface area (Å²) >= 11 is 1.73. The average Bonchev–Trinajstić information content (AvgIpc) is 3.00. The van der Waals surface area contributed by atoms with E-state index in [-0.39, 0.29) is 18.0 Å². The second-order valence-corrected chi connectivity index (χ2v) is 8.07. The lowest BCUT2D eigenvalue weighted by molar-refractivity contribution is -0.154. The molecule has 1 aliphatic heterocycles. The van der Waals surface area contributed by atoms with Gasteiger partial charge in [-0.2, -0.15) is 0 Å². The molecule has 0 N–H and O–H groups in total. The van der Waals surface area contributed by atoms with Crippen LogP contribution in [-0.4, -0.2) is 30.3 Å². The van der Waals surface area contributed by atoms with Gasteiger partial charge in [0.15, 0.2) is 0 Å². The number of ether oxygens (including phenoxy) is 2. The number of hydrogen-bond donors (Lipinski definition) is 0. The van der Waals surface area contributed by atoms with E-state index in [2.05, 4.69) is 4.98 Å². The van der Waals surface area contributed by atoms with Crippen LogP contribution in [0.25, 0.3) is 0 Å². The second kappa shape index (κ2) is 5.06. The van der Waals surface area contributed by atoms with E-state index in [4.69, 9.17) is 9.47 Å². The van der Waals surface area contributed by atoms with Gasteiger partial charge >= 0.3 is 5.97 Å². The van der Waals surface area contributed by atoms with Crippen LogP contribution >= 0.6 is 11.3 Å². The van der Waals surface area contributed by atoms with Crippen LogP contribution < -0.4 is 0 Å². The van der Waals surface area contributed by atoms with Gasteiger partial charge in [-0.25, -0.2) is 4.98 Å². The zero-order valence-electron chi connectivity index (χ0n) is 12.4. The highest BCUT2D eigenvalue weighted by atomic mass is 32.1. The Morgan fingerprint density at radius 3 is 3.00 bits per heavy atom. The summed E-state index contributed by atoms with van der Waals surface area (Å²) in [5.74, 6) is -0.184.